The van der Waals surface area contributed by atoms with Gasteiger partial charge in [0.15, 0.2) is 0 Å². The molecule has 0 amide bonds. The van der Waals surface area contributed by atoms with E-state index in [1.165, 1.54) is 11.3 Å². The third-order valence-corrected chi connectivity index (χ3v) is 3.53. The summed E-state index contributed by atoms with van der Waals surface area (Å²) in [5.74, 6) is -0.126. The molecule has 0 saturated heterocycles. The first-order chi connectivity index (χ1) is 7.24. The molecule has 1 rings (SSSR count). The van der Waals surface area contributed by atoms with Crippen molar-refractivity contribution in [1.82, 2.24) is 0 Å². The Hall–Kier alpha value is -0.560. The quantitative estimate of drug-likeness (QED) is 0.566. The third-order valence-electron chi connectivity index (χ3n) is 1.52. The highest BCUT2D eigenvalue weighted by Gasteiger charge is 2.06. The molecule has 0 radical (unpaired) electrons. The predicted octanol–water partition coefficient (Wildman–Crippen LogP) is 1.55. The fourth-order valence-electron chi connectivity index (χ4n) is 0.892. The van der Waals surface area contributed by atoms with E-state index in [4.69, 9.17) is 14.9 Å². The normalized spacial score (nSPS) is 10.5. The SMILES string of the molecule is O=C(O)c1cc(SCCOCCO)cs1. The van der Waals surface area contributed by atoms with Crippen LogP contribution in [0.15, 0.2) is 16.3 Å². The molecule has 2 N–H and O–H groups in total. The fourth-order valence-corrected chi connectivity index (χ4v) is 2.63. The summed E-state index contributed by atoms with van der Waals surface area (Å²) < 4.78 is 5.08. The molecule has 0 aliphatic rings. The topological polar surface area (TPSA) is 66.8 Å². The molecule has 1 aromatic rings. The Bertz CT molecular complexity index is 311. The molecule has 0 saturated carbocycles. The van der Waals surface area contributed by atoms with Crippen LogP contribution in [0.3, 0.4) is 0 Å². The third kappa shape index (κ3) is 4.65. The number of rotatable bonds is 7. The Labute approximate surface area is 95.9 Å². The van der Waals surface area contributed by atoms with E-state index in [9.17, 15) is 4.79 Å². The van der Waals surface area contributed by atoms with Gasteiger partial charge in [0, 0.05) is 16.0 Å². The lowest BCUT2D eigenvalue weighted by molar-refractivity contribution is 0.0702. The van der Waals surface area contributed by atoms with Gasteiger partial charge in [-0.2, -0.15) is 0 Å². The van der Waals surface area contributed by atoms with Gasteiger partial charge in [0.05, 0.1) is 19.8 Å². The summed E-state index contributed by atoms with van der Waals surface area (Å²) in [5.41, 5.74) is 0. The molecule has 4 nitrogen and oxygen atoms in total. The number of aliphatic hydroxyl groups is 1. The first-order valence-corrected chi connectivity index (χ1v) is 6.24. The average molecular weight is 248 g/mol. The first kappa shape index (κ1) is 12.5. The Morgan fingerprint density at radius 1 is 1.53 bits per heavy atom. The van der Waals surface area contributed by atoms with Crippen LogP contribution in [0.2, 0.25) is 0 Å². The minimum atomic E-state index is -0.886. The summed E-state index contributed by atoms with van der Waals surface area (Å²) in [5, 5.41) is 19.0. The maximum atomic E-state index is 10.6. The minimum Gasteiger partial charge on any atom is -0.477 e. The second-order valence-electron chi connectivity index (χ2n) is 2.64. The van der Waals surface area contributed by atoms with Crippen LogP contribution in [-0.2, 0) is 4.74 Å². The second kappa shape index (κ2) is 6.84. The molecule has 0 unspecified atom stereocenters. The average Bonchev–Trinajstić information content (AvgIpc) is 2.66. The van der Waals surface area contributed by atoms with Crippen molar-refractivity contribution in [2.45, 2.75) is 4.90 Å². The summed E-state index contributed by atoms with van der Waals surface area (Å²) in [7, 11) is 0. The molecule has 0 fully saturated rings. The summed E-state index contributed by atoms with van der Waals surface area (Å²) in [6.07, 6.45) is 0. The van der Waals surface area contributed by atoms with Crippen molar-refractivity contribution in [1.29, 1.82) is 0 Å². The molecule has 0 spiro atoms. The lowest BCUT2D eigenvalue weighted by Crippen LogP contribution is -2.02. The van der Waals surface area contributed by atoms with Crippen LogP contribution >= 0.6 is 23.1 Å². The van der Waals surface area contributed by atoms with Crippen LogP contribution in [0, 0.1) is 0 Å². The van der Waals surface area contributed by atoms with Gasteiger partial charge >= 0.3 is 5.97 Å². The van der Waals surface area contributed by atoms with Crippen molar-refractivity contribution in [3.05, 3.63) is 16.3 Å². The fraction of sp³-hybridized carbons (Fsp3) is 0.444. The van der Waals surface area contributed by atoms with E-state index in [0.717, 1.165) is 10.6 Å². The first-order valence-electron chi connectivity index (χ1n) is 4.37. The summed E-state index contributed by atoms with van der Waals surface area (Å²) in [6.45, 7) is 0.945. The molecule has 0 aliphatic heterocycles. The summed E-state index contributed by atoms with van der Waals surface area (Å²) in [4.78, 5) is 11.9. The second-order valence-corrected chi connectivity index (χ2v) is 4.72. The number of aromatic carboxylic acids is 1. The smallest absolute Gasteiger partial charge is 0.345 e. The van der Waals surface area contributed by atoms with Gasteiger partial charge < -0.3 is 14.9 Å². The number of thioether (sulfide) groups is 1. The van der Waals surface area contributed by atoms with E-state index < -0.39 is 5.97 Å². The van der Waals surface area contributed by atoms with Crippen molar-refractivity contribution in [2.24, 2.45) is 0 Å². The highest BCUT2D eigenvalue weighted by Crippen LogP contribution is 2.24. The molecular formula is C9H12O4S2. The van der Waals surface area contributed by atoms with Gasteiger partial charge in [-0.3, -0.25) is 0 Å². The van der Waals surface area contributed by atoms with Gasteiger partial charge in [-0.25, -0.2) is 4.79 Å². The largest absolute Gasteiger partial charge is 0.477 e. The van der Waals surface area contributed by atoms with Crippen LogP contribution in [-0.4, -0.2) is 41.8 Å². The lowest BCUT2D eigenvalue weighted by atomic mass is 10.5. The molecule has 1 aromatic heterocycles. The van der Waals surface area contributed by atoms with Crippen molar-refractivity contribution in [2.75, 3.05) is 25.6 Å². The van der Waals surface area contributed by atoms with E-state index in [0.29, 0.717) is 18.1 Å². The number of carbonyl (C=O) groups is 1. The number of thiophene rings is 1. The molecule has 6 heteroatoms. The van der Waals surface area contributed by atoms with Gasteiger partial charge in [0.2, 0.25) is 0 Å². The molecule has 84 valence electrons. The summed E-state index contributed by atoms with van der Waals surface area (Å²) in [6, 6.07) is 1.66. The molecule has 0 bridgehead atoms. The zero-order chi connectivity index (χ0) is 11.1. The van der Waals surface area contributed by atoms with Crippen molar-refractivity contribution >= 4 is 29.1 Å². The molecule has 0 aromatic carbocycles. The number of hydrogen-bond donors (Lipinski definition) is 2. The van der Waals surface area contributed by atoms with E-state index in [2.05, 4.69) is 0 Å². The molecule has 1 heterocycles. The van der Waals surface area contributed by atoms with Gasteiger partial charge in [0.25, 0.3) is 0 Å². The number of aliphatic hydroxyl groups excluding tert-OH is 1. The predicted molar refractivity (Wildman–Crippen MR) is 59.9 cm³/mol. The Balaban J connectivity index is 2.23. The number of ether oxygens (including phenoxy) is 1. The maximum Gasteiger partial charge on any atom is 0.345 e. The maximum absolute atomic E-state index is 10.6. The molecular weight excluding hydrogens is 236 g/mol. The summed E-state index contributed by atoms with van der Waals surface area (Å²) >= 11 is 2.77. The van der Waals surface area contributed by atoms with Crippen LogP contribution in [0.5, 0.6) is 0 Å². The van der Waals surface area contributed by atoms with E-state index in [-0.39, 0.29) is 6.61 Å². The highest BCUT2D eigenvalue weighted by atomic mass is 32.2. The van der Waals surface area contributed by atoms with E-state index in [1.54, 1.807) is 17.8 Å². The monoisotopic (exact) mass is 248 g/mol. The van der Waals surface area contributed by atoms with E-state index >= 15 is 0 Å². The van der Waals surface area contributed by atoms with Crippen LogP contribution in [0.1, 0.15) is 9.67 Å². The zero-order valence-electron chi connectivity index (χ0n) is 8.01. The Kier molecular flexibility index (Phi) is 5.70. The van der Waals surface area contributed by atoms with Gasteiger partial charge in [-0.15, -0.1) is 23.1 Å². The van der Waals surface area contributed by atoms with Gasteiger partial charge in [-0.1, -0.05) is 0 Å². The van der Waals surface area contributed by atoms with Gasteiger partial charge in [0.1, 0.15) is 4.88 Å². The number of carboxylic acid groups (broad SMARTS) is 1. The van der Waals surface area contributed by atoms with Gasteiger partial charge in [-0.05, 0) is 6.07 Å². The van der Waals surface area contributed by atoms with Crippen LogP contribution < -0.4 is 0 Å². The number of hydrogen-bond acceptors (Lipinski definition) is 5. The standard InChI is InChI=1S/C9H12O4S2/c10-1-2-13-3-4-14-7-5-8(9(11)12)15-6-7/h5-6,10H,1-4H2,(H,11,12). The zero-order valence-corrected chi connectivity index (χ0v) is 9.64. The molecule has 0 atom stereocenters. The molecule has 15 heavy (non-hydrogen) atoms. The lowest BCUT2D eigenvalue weighted by Gasteiger charge is -2.00. The van der Waals surface area contributed by atoms with Crippen molar-refractivity contribution in [3.63, 3.8) is 0 Å². The number of carboxylic acids is 1. The van der Waals surface area contributed by atoms with Crippen LogP contribution in [0.25, 0.3) is 0 Å². The Morgan fingerprint density at radius 3 is 2.93 bits per heavy atom. The van der Waals surface area contributed by atoms with Crippen molar-refractivity contribution < 1.29 is 19.7 Å². The van der Waals surface area contributed by atoms with E-state index in [1.807, 2.05) is 5.38 Å². The van der Waals surface area contributed by atoms with Crippen LogP contribution in [0.4, 0.5) is 0 Å². The van der Waals surface area contributed by atoms with Crippen molar-refractivity contribution in [3.8, 4) is 0 Å². The molecule has 0 aliphatic carbocycles. The highest BCUT2D eigenvalue weighted by molar-refractivity contribution is 7.99. The minimum absolute atomic E-state index is 0.0340. The Morgan fingerprint density at radius 2 is 2.33 bits per heavy atom.